The molecule has 11 heteroatoms. The van der Waals surface area contributed by atoms with Gasteiger partial charge >= 0.3 is 0 Å². The topological polar surface area (TPSA) is 130 Å². The second kappa shape index (κ2) is 13.2. The lowest BCUT2D eigenvalue weighted by molar-refractivity contribution is -0.384. The van der Waals surface area contributed by atoms with Gasteiger partial charge in [0.1, 0.15) is 12.6 Å². The van der Waals surface area contributed by atoms with Gasteiger partial charge < -0.3 is 10.2 Å². The average Bonchev–Trinajstić information content (AvgIpc) is 2.89. The smallest absolute Gasteiger partial charge is 0.271 e. The van der Waals surface area contributed by atoms with E-state index >= 15 is 0 Å². The highest BCUT2D eigenvalue weighted by molar-refractivity contribution is 7.92. The lowest BCUT2D eigenvalue weighted by atomic mass is 10.0. The maximum absolute atomic E-state index is 14.0. The average molecular weight is 567 g/mol. The van der Waals surface area contributed by atoms with Gasteiger partial charge in [-0.25, -0.2) is 8.42 Å². The summed E-state index contributed by atoms with van der Waals surface area (Å²) in [5.74, 6) is -0.999. The third-order valence-electron chi connectivity index (χ3n) is 6.25. The van der Waals surface area contributed by atoms with Crippen molar-refractivity contribution in [1.29, 1.82) is 0 Å². The first-order valence-electron chi connectivity index (χ1n) is 12.8. The Morgan fingerprint density at radius 3 is 2.05 bits per heavy atom. The number of rotatable bonds is 12. The maximum Gasteiger partial charge on any atom is 0.271 e. The fraction of sp³-hybridized carbons (Fsp3) is 0.310. The van der Waals surface area contributed by atoms with Crippen LogP contribution in [-0.2, 0) is 32.6 Å². The van der Waals surface area contributed by atoms with Gasteiger partial charge in [-0.2, -0.15) is 0 Å². The van der Waals surface area contributed by atoms with Crippen LogP contribution in [0.2, 0.25) is 0 Å². The number of anilines is 1. The highest BCUT2D eigenvalue weighted by Crippen LogP contribution is 2.28. The van der Waals surface area contributed by atoms with Gasteiger partial charge in [-0.1, -0.05) is 66.7 Å². The molecule has 0 aliphatic rings. The number of hydrogen-bond acceptors (Lipinski definition) is 6. The molecule has 0 heterocycles. The summed E-state index contributed by atoms with van der Waals surface area (Å²) in [5, 5.41) is 14.3. The fourth-order valence-corrected chi connectivity index (χ4v) is 5.19. The molecule has 0 unspecified atom stereocenters. The first-order valence-corrected chi connectivity index (χ1v) is 14.6. The Bertz CT molecular complexity index is 1450. The van der Waals surface area contributed by atoms with Gasteiger partial charge in [0.05, 0.1) is 16.9 Å². The minimum Gasteiger partial charge on any atom is -0.352 e. The zero-order valence-electron chi connectivity index (χ0n) is 23.0. The van der Waals surface area contributed by atoms with Crippen molar-refractivity contribution in [2.45, 2.75) is 45.8 Å². The van der Waals surface area contributed by atoms with E-state index < -0.39 is 33.4 Å². The van der Waals surface area contributed by atoms with Gasteiger partial charge in [0.2, 0.25) is 21.8 Å². The molecular formula is C29H34N4O6S. The van der Waals surface area contributed by atoms with Gasteiger partial charge in [-0.15, -0.1) is 0 Å². The number of carbonyl (C=O) groups is 2. The summed E-state index contributed by atoms with van der Waals surface area (Å²) in [6.07, 6.45) is 1.14. The van der Waals surface area contributed by atoms with E-state index in [4.69, 9.17) is 0 Å². The molecule has 1 atom stereocenters. The monoisotopic (exact) mass is 566 g/mol. The standard InChI is InChI=1S/C29H34N4O6S/c1-21(2)30-29(35)27(17-23-11-7-5-8-12-23)31(19-24-13-9-6-10-14-24)28(34)20-32(40(4,38)39)26-18-25(33(36)37)16-15-22(26)3/h5-16,18,21,27H,17,19-20H2,1-4H3,(H,30,35)/t27-/m1/s1. The molecule has 0 saturated heterocycles. The first-order chi connectivity index (χ1) is 18.9. The third kappa shape index (κ3) is 8.12. The maximum atomic E-state index is 14.0. The predicted octanol–water partition coefficient (Wildman–Crippen LogP) is 3.83. The molecule has 3 rings (SSSR count). The molecule has 0 radical (unpaired) electrons. The van der Waals surface area contributed by atoms with E-state index in [0.717, 1.165) is 27.8 Å². The quantitative estimate of drug-likeness (QED) is 0.262. The summed E-state index contributed by atoms with van der Waals surface area (Å²) in [4.78, 5) is 39.7. The summed E-state index contributed by atoms with van der Waals surface area (Å²) < 4.78 is 26.7. The molecule has 0 aliphatic carbocycles. The Kier molecular flexibility index (Phi) is 10.0. The Labute approximate surface area is 234 Å². The Balaban J connectivity index is 2.09. The van der Waals surface area contributed by atoms with Crippen molar-refractivity contribution in [3.63, 3.8) is 0 Å². The SMILES string of the molecule is Cc1ccc([N+](=O)[O-])cc1N(CC(=O)N(Cc1ccccc1)[C@H](Cc1ccccc1)C(=O)NC(C)C)S(C)(=O)=O. The van der Waals surface area contributed by atoms with Crippen LogP contribution in [0.25, 0.3) is 0 Å². The Hall–Kier alpha value is -4.25. The summed E-state index contributed by atoms with van der Waals surface area (Å²) in [6.45, 7) is 4.65. The molecular weight excluding hydrogens is 532 g/mol. The van der Waals surface area contributed by atoms with Gasteiger partial charge in [-0.3, -0.25) is 24.0 Å². The van der Waals surface area contributed by atoms with Crippen molar-refractivity contribution in [2.75, 3.05) is 17.1 Å². The van der Waals surface area contributed by atoms with Gasteiger partial charge in [0, 0.05) is 31.1 Å². The van der Waals surface area contributed by atoms with E-state index in [0.29, 0.717) is 5.56 Å². The van der Waals surface area contributed by atoms with Crippen molar-refractivity contribution in [1.82, 2.24) is 10.2 Å². The van der Waals surface area contributed by atoms with Crippen LogP contribution >= 0.6 is 0 Å². The molecule has 0 fully saturated rings. The predicted molar refractivity (Wildman–Crippen MR) is 154 cm³/mol. The van der Waals surface area contributed by atoms with Crippen LogP contribution in [0.5, 0.6) is 0 Å². The van der Waals surface area contributed by atoms with Crippen LogP contribution in [0.15, 0.2) is 78.9 Å². The van der Waals surface area contributed by atoms with Crippen LogP contribution in [0.3, 0.4) is 0 Å². The molecule has 40 heavy (non-hydrogen) atoms. The molecule has 1 N–H and O–H groups in total. The first kappa shape index (κ1) is 30.3. The van der Waals surface area contributed by atoms with Crippen LogP contribution in [0.1, 0.15) is 30.5 Å². The second-order valence-electron chi connectivity index (χ2n) is 9.87. The Morgan fingerprint density at radius 1 is 0.950 bits per heavy atom. The van der Waals surface area contributed by atoms with Crippen molar-refractivity contribution in [3.8, 4) is 0 Å². The summed E-state index contributed by atoms with van der Waals surface area (Å²) in [7, 11) is -4.05. The summed E-state index contributed by atoms with van der Waals surface area (Å²) in [6, 6.07) is 21.0. The number of sulfonamides is 1. The number of nitro groups is 1. The molecule has 212 valence electrons. The molecule has 3 aromatic rings. The van der Waals surface area contributed by atoms with E-state index in [1.807, 2.05) is 74.5 Å². The molecule has 0 aromatic heterocycles. The fourth-order valence-electron chi connectivity index (χ4n) is 4.29. The highest BCUT2D eigenvalue weighted by atomic mass is 32.2. The number of nitrogens with one attached hydrogen (secondary N) is 1. The van der Waals surface area contributed by atoms with Crippen molar-refractivity contribution < 1.29 is 22.9 Å². The number of nitro benzene ring substituents is 1. The second-order valence-corrected chi connectivity index (χ2v) is 11.8. The zero-order chi connectivity index (χ0) is 29.4. The lowest BCUT2D eigenvalue weighted by Gasteiger charge is -2.34. The van der Waals surface area contributed by atoms with Crippen molar-refractivity contribution in [2.24, 2.45) is 0 Å². The summed E-state index contributed by atoms with van der Waals surface area (Å²) in [5.41, 5.74) is 1.74. The number of hydrogen-bond donors (Lipinski definition) is 1. The molecule has 2 amide bonds. The number of aryl methyl sites for hydroxylation is 1. The van der Waals surface area contributed by atoms with Crippen LogP contribution in [-0.4, -0.2) is 54.9 Å². The van der Waals surface area contributed by atoms with Gasteiger partial charge in [0.25, 0.3) is 5.69 Å². The van der Waals surface area contributed by atoms with Crippen LogP contribution in [0.4, 0.5) is 11.4 Å². The van der Waals surface area contributed by atoms with E-state index in [1.54, 1.807) is 6.92 Å². The molecule has 0 aliphatic heterocycles. The number of non-ortho nitro benzene ring substituents is 1. The number of nitrogens with zero attached hydrogens (tertiary/aromatic N) is 3. The van der Waals surface area contributed by atoms with E-state index in [9.17, 15) is 28.1 Å². The molecule has 0 saturated carbocycles. The van der Waals surface area contributed by atoms with E-state index in [-0.39, 0.29) is 36.3 Å². The van der Waals surface area contributed by atoms with E-state index in [1.165, 1.54) is 17.0 Å². The lowest BCUT2D eigenvalue weighted by Crippen LogP contribution is -2.54. The Morgan fingerprint density at radius 2 is 1.52 bits per heavy atom. The molecule has 0 spiro atoms. The minimum atomic E-state index is -4.05. The minimum absolute atomic E-state index is 0.0240. The van der Waals surface area contributed by atoms with Crippen molar-refractivity contribution >= 4 is 33.2 Å². The van der Waals surface area contributed by atoms with Crippen LogP contribution in [0, 0.1) is 17.0 Å². The summed E-state index contributed by atoms with van der Waals surface area (Å²) >= 11 is 0. The molecule has 3 aromatic carbocycles. The number of carbonyl (C=O) groups excluding carboxylic acids is 2. The molecule has 10 nitrogen and oxygen atoms in total. The van der Waals surface area contributed by atoms with E-state index in [2.05, 4.69) is 5.32 Å². The number of amides is 2. The highest BCUT2D eigenvalue weighted by Gasteiger charge is 2.34. The normalized spacial score (nSPS) is 12.0. The van der Waals surface area contributed by atoms with Crippen molar-refractivity contribution in [3.05, 3.63) is 106 Å². The zero-order valence-corrected chi connectivity index (χ0v) is 23.8. The third-order valence-corrected chi connectivity index (χ3v) is 7.38. The molecule has 0 bridgehead atoms. The van der Waals surface area contributed by atoms with Gasteiger partial charge in [0.15, 0.2) is 0 Å². The number of benzene rings is 3. The van der Waals surface area contributed by atoms with Gasteiger partial charge in [-0.05, 0) is 37.5 Å². The van der Waals surface area contributed by atoms with Crippen LogP contribution < -0.4 is 9.62 Å². The largest absolute Gasteiger partial charge is 0.352 e.